The van der Waals surface area contributed by atoms with Crippen molar-refractivity contribution < 1.29 is 18.3 Å². The average molecular weight is 605 g/mol. The van der Waals surface area contributed by atoms with Crippen LogP contribution in [0.25, 0.3) is 16.9 Å². The molecule has 230 valence electrons. The van der Waals surface area contributed by atoms with Crippen molar-refractivity contribution in [3.63, 3.8) is 0 Å². The van der Waals surface area contributed by atoms with Gasteiger partial charge in [0.15, 0.2) is 5.84 Å². The second-order valence-electron chi connectivity index (χ2n) is 9.62. The number of methoxy groups -OCH3 is 1. The van der Waals surface area contributed by atoms with E-state index in [9.17, 15) is 13.6 Å². The monoisotopic (exact) mass is 604 g/mol. The number of nitrogens with zero attached hydrogens (tertiary/aromatic N) is 7. The largest absolute Gasteiger partial charge is 0.452 e. The van der Waals surface area contributed by atoms with Crippen LogP contribution in [-0.2, 0) is 17.7 Å². The normalized spacial score (nSPS) is 11.3. The number of rotatable bonds is 11. The smallest absolute Gasteiger partial charge is 0.414 e. The van der Waals surface area contributed by atoms with Crippen molar-refractivity contribution in [1.82, 2.24) is 24.6 Å². The van der Waals surface area contributed by atoms with Crippen molar-refractivity contribution in [3.05, 3.63) is 101 Å². The summed E-state index contributed by atoms with van der Waals surface area (Å²) < 4.78 is 34.9. The molecule has 3 heterocycles. The second kappa shape index (κ2) is 13.6. The minimum atomic E-state index is -0.804. The van der Waals surface area contributed by atoms with Gasteiger partial charge in [0.25, 0.3) is 0 Å². The quantitative estimate of drug-likeness (QED) is 0.171. The Hall–Kier alpha value is -5.53. The number of pyridine rings is 2. The molecule has 3 aromatic heterocycles. The van der Waals surface area contributed by atoms with Gasteiger partial charge in [0.2, 0.25) is 0 Å². The first-order valence-electron chi connectivity index (χ1n) is 13.7. The second-order valence-corrected chi connectivity index (χ2v) is 9.62. The highest BCUT2D eigenvalue weighted by atomic mass is 19.1. The van der Waals surface area contributed by atoms with Crippen molar-refractivity contribution >= 4 is 34.6 Å². The number of halogens is 2. The van der Waals surface area contributed by atoms with Crippen molar-refractivity contribution in [2.45, 2.75) is 26.8 Å². The molecule has 0 saturated carbocycles. The van der Waals surface area contributed by atoms with E-state index in [0.29, 0.717) is 22.3 Å². The molecule has 0 bridgehead atoms. The number of carbonyl (C=O) groups is 1. The Kier molecular flexibility index (Phi) is 9.73. The molecule has 4 aromatic rings. The third-order valence-corrected chi connectivity index (χ3v) is 6.79. The minimum absolute atomic E-state index is 0.0357. The van der Waals surface area contributed by atoms with Crippen LogP contribution in [0.15, 0.2) is 77.9 Å². The fourth-order valence-corrected chi connectivity index (χ4v) is 4.66. The van der Waals surface area contributed by atoms with Crippen LogP contribution in [0.5, 0.6) is 0 Å². The molecule has 0 fully saturated rings. The molecule has 6 N–H and O–H groups in total. The molecule has 1 amide bonds. The maximum atomic E-state index is 14.4. The van der Waals surface area contributed by atoms with Gasteiger partial charge in [-0.25, -0.2) is 33.2 Å². The Bertz CT molecular complexity index is 1740. The lowest BCUT2D eigenvalue weighted by Gasteiger charge is -2.25. The number of amides is 1. The number of aromatic nitrogens is 4. The Morgan fingerprint density at radius 2 is 1.82 bits per heavy atom. The number of hydrogen-bond acceptors (Lipinski definition) is 9. The molecule has 12 nitrogen and oxygen atoms in total. The standard InChI is InChI=1S/C30H34F2N10O2/c1-5-40(6-2)25-13-19(11-12-36-25)17-41(30(43)44-4)27(28(33)34)29(35)38-18(3)42-24-15-21(31)16-37-26(24)23(39-42)14-20-9-7-8-10-22(20)32/h7-13,15-16H,3,5-6,14,17,33-34H2,1-2,4H3,(H2,35,38). The van der Waals surface area contributed by atoms with Crippen LogP contribution in [0.2, 0.25) is 0 Å². The molecular formula is C30H34F2N10O2. The van der Waals surface area contributed by atoms with Gasteiger partial charge in [0.05, 0.1) is 31.1 Å². The van der Waals surface area contributed by atoms with Crippen LogP contribution in [0.1, 0.15) is 30.7 Å². The maximum Gasteiger partial charge on any atom is 0.414 e. The van der Waals surface area contributed by atoms with E-state index in [0.717, 1.165) is 30.0 Å². The van der Waals surface area contributed by atoms with Crippen LogP contribution in [0, 0.1) is 11.6 Å². The van der Waals surface area contributed by atoms with Crippen molar-refractivity contribution in [3.8, 4) is 0 Å². The molecule has 1 aromatic carbocycles. The lowest BCUT2D eigenvalue weighted by Crippen LogP contribution is -2.40. The predicted octanol–water partition coefficient (Wildman–Crippen LogP) is 3.68. The summed E-state index contributed by atoms with van der Waals surface area (Å²) in [5, 5.41) is 4.49. The molecule has 4 rings (SSSR count). The molecule has 14 heteroatoms. The minimum Gasteiger partial charge on any atom is -0.452 e. The molecule has 44 heavy (non-hydrogen) atoms. The van der Waals surface area contributed by atoms with E-state index < -0.39 is 17.7 Å². The fourth-order valence-electron chi connectivity index (χ4n) is 4.66. The van der Waals surface area contributed by atoms with Crippen LogP contribution >= 0.6 is 0 Å². The predicted molar refractivity (Wildman–Crippen MR) is 165 cm³/mol. The average Bonchev–Trinajstić information content (AvgIpc) is 3.35. The molecule has 0 atom stereocenters. The van der Waals surface area contributed by atoms with E-state index in [2.05, 4.69) is 26.6 Å². The van der Waals surface area contributed by atoms with Crippen LogP contribution < -0.4 is 22.1 Å². The third-order valence-electron chi connectivity index (χ3n) is 6.79. The van der Waals surface area contributed by atoms with Crippen LogP contribution in [0.3, 0.4) is 0 Å². The molecule has 0 aliphatic heterocycles. The van der Waals surface area contributed by atoms with Gasteiger partial charge in [-0.05, 0) is 43.2 Å². The number of amidine groups is 1. The summed E-state index contributed by atoms with van der Waals surface area (Å²) in [7, 11) is 1.20. The first-order valence-corrected chi connectivity index (χ1v) is 13.7. The number of hydrogen-bond donors (Lipinski definition) is 3. The third kappa shape index (κ3) is 6.75. The topological polar surface area (TPSA) is 167 Å². The number of fused-ring (bicyclic) bond motifs is 1. The maximum absolute atomic E-state index is 14.4. The number of anilines is 1. The van der Waals surface area contributed by atoms with Gasteiger partial charge in [-0.3, -0.25) is 4.90 Å². The Morgan fingerprint density at radius 3 is 2.48 bits per heavy atom. The molecule has 0 spiro atoms. The molecule has 0 saturated heterocycles. The highest BCUT2D eigenvalue weighted by Gasteiger charge is 2.26. The van der Waals surface area contributed by atoms with Gasteiger partial charge >= 0.3 is 6.09 Å². The zero-order chi connectivity index (χ0) is 32.0. The van der Waals surface area contributed by atoms with Gasteiger partial charge < -0.3 is 26.8 Å². The molecule has 0 aliphatic rings. The van der Waals surface area contributed by atoms with E-state index in [4.69, 9.17) is 21.9 Å². The number of aliphatic imine (C=N–C) groups is 1. The lowest BCUT2D eigenvalue weighted by molar-refractivity contribution is 0.135. The van der Waals surface area contributed by atoms with Crippen LogP contribution in [-0.4, -0.2) is 56.8 Å². The summed E-state index contributed by atoms with van der Waals surface area (Å²) in [6.07, 6.45) is 1.93. The van der Waals surface area contributed by atoms with Crippen molar-refractivity contribution in [2.24, 2.45) is 22.2 Å². The number of benzene rings is 1. The summed E-state index contributed by atoms with van der Waals surface area (Å²) in [6.45, 7) is 9.39. The summed E-state index contributed by atoms with van der Waals surface area (Å²) >= 11 is 0. The Morgan fingerprint density at radius 1 is 1.09 bits per heavy atom. The lowest BCUT2D eigenvalue weighted by atomic mass is 10.1. The highest BCUT2D eigenvalue weighted by Crippen LogP contribution is 2.25. The van der Waals surface area contributed by atoms with E-state index in [1.165, 1.54) is 23.9 Å². The van der Waals surface area contributed by atoms with Crippen molar-refractivity contribution in [1.29, 1.82) is 0 Å². The highest BCUT2D eigenvalue weighted by molar-refractivity contribution is 6.01. The molecule has 0 aliphatic carbocycles. The number of carbonyl (C=O) groups excluding carboxylic acids is 1. The van der Waals surface area contributed by atoms with Gasteiger partial charge in [-0.2, -0.15) is 5.10 Å². The molecule has 0 unspecified atom stereocenters. The van der Waals surface area contributed by atoms with Crippen molar-refractivity contribution in [2.75, 3.05) is 25.1 Å². The first-order chi connectivity index (χ1) is 21.1. The Labute approximate surface area is 253 Å². The zero-order valence-electron chi connectivity index (χ0n) is 24.7. The van der Waals surface area contributed by atoms with E-state index >= 15 is 0 Å². The molecule has 0 radical (unpaired) electrons. The van der Waals surface area contributed by atoms with E-state index in [1.54, 1.807) is 30.5 Å². The zero-order valence-corrected chi connectivity index (χ0v) is 24.7. The van der Waals surface area contributed by atoms with Gasteiger partial charge in [0, 0.05) is 31.8 Å². The van der Waals surface area contributed by atoms with Gasteiger partial charge in [-0.1, -0.05) is 24.8 Å². The number of ether oxygens (including phenoxy) is 1. The van der Waals surface area contributed by atoms with Gasteiger partial charge in [-0.15, -0.1) is 0 Å². The SMILES string of the molecule is C=C(N=C(N)C(=C(N)N)N(Cc1ccnc(N(CC)CC)c1)C(=O)OC)n1nc(Cc2ccccc2F)c2ncc(F)cc21. The van der Waals surface area contributed by atoms with E-state index in [1.807, 2.05) is 24.8 Å². The fraction of sp³-hybridized carbons (Fsp3) is 0.233. The Balaban J connectivity index is 1.72. The summed E-state index contributed by atoms with van der Waals surface area (Å²) in [4.78, 5) is 29.1. The van der Waals surface area contributed by atoms with Gasteiger partial charge in [0.1, 0.15) is 40.3 Å². The summed E-state index contributed by atoms with van der Waals surface area (Å²) in [5.74, 6) is -1.02. The summed E-state index contributed by atoms with van der Waals surface area (Å²) in [6, 6.07) is 11.0. The molecular weight excluding hydrogens is 570 g/mol. The first kappa shape index (κ1) is 31.4. The summed E-state index contributed by atoms with van der Waals surface area (Å²) in [5.41, 5.74) is 20.2. The van der Waals surface area contributed by atoms with Crippen LogP contribution in [0.4, 0.5) is 19.4 Å². The number of nitrogens with two attached hydrogens (primary N) is 3. The van der Waals surface area contributed by atoms with E-state index in [-0.39, 0.29) is 41.7 Å².